The molecule has 114 valence electrons. The maximum atomic E-state index is 11.4. The van der Waals surface area contributed by atoms with Gasteiger partial charge in [0.2, 0.25) is 0 Å². The van der Waals surface area contributed by atoms with E-state index in [1.54, 1.807) is 10.9 Å². The van der Waals surface area contributed by atoms with Gasteiger partial charge in [0.05, 0.1) is 23.2 Å². The first-order chi connectivity index (χ1) is 10.3. The number of fused-ring (bicyclic) bond motifs is 1. The van der Waals surface area contributed by atoms with Crippen LogP contribution in [-0.2, 0) is 22.6 Å². The lowest BCUT2D eigenvalue weighted by Crippen LogP contribution is -2.01. The molecule has 2 heterocycles. The van der Waals surface area contributed by atoms with Crippen molar-refractivity contribution in [3.63, 3.8) is 0 Å². The van der Waals surface area contributed by atoms with E-state index in [0.717, 1.165) is 33.3 Å². The van der Waals surface area contributed by atoms with Crippen LogP contribution in [0.3, 0.4) is 0 Å². The molecule has 0 saturated carbocycles. The summed E-state index contributed by atoms with van der Waals surface area (Å²) >= 11 is 0. The predicted molar refractivity (Wildman–Crippen MR) is 87.2 cm³/mol. The Bertz CT molecular complexity index is 959. The molecule has 2 aromatic heterocycles. The molecule has 22 heavy (non-hydrogen) atoms. The molecule has 0 saturated heterocycles. The summed E-state index contributed by atoms with van der Waals surface area (Å²) in [5.41, 5.74) is 4.55. The Morgan fingerprint density at radius 1 is 1.23 bits per heavy atom. The monoisotopic (exact) mass is 315 g/mol. The highest BCUT2D eigenvalue weighted by Gasteiger charge is 2.09. The maximum Gasteiger partial charge on any atom is 0.151 e. The van der Waals surface area contributed by atoms with Crippen molar-refractivity contribution in [2.24, 2.45) is 7.05 Å². The first-order valence-electron chi connectivity index (χ1n) is 6.89. The average molecular weight is 315 g/mol. The van der Waals surface area contributed by atoms with Crippen LogP contribution in [0.4, 0.5) is 0 Å². The van der Waals surface area contributed by atoms with Gasteiger partial charge in [-0.15, -0.1) is 0 Å². The smallest absolute Gasteiger partial charge is 0.151 e. The van der Waals surface area contributed by atoms with Crippen LogP contribution < -0.4 is 0 Å². The van der Waals surface area contributed by atoms with E-state index in [1.165, 1.54) is 6.26 Å². The molecular weight excluding hydrogens is 298 g/mol. The molecular formula is C16H17N3O2S. The molecule has 6 heteroatoms. The Morgan fingerprint density at radius 3 is 2.64 bits per heavy atom. The molecule has 3 aromatic rings. The Hall–Kier alpha value is -2.21. The van der Waals surface area contributed by atoms with Gasteiger partial charge in [0.15, 0.2) is 9.84 Å². The molecule has 5 nitrogen and oxygen atoms in total. The minimum atomic E-state index is -3.04. The summed E-state index contributed by atoms with van der Waals surface area (Å²) in [6.45, 7) is 2.01. The van der Waals surface area contributed by atoms with Crippen LogP contribution >= 0.6 is 0 Å². The van der Waals surface area contributed by atoms with Crippen LogP contribution in [0, 0.1) is 6.92 Å². The van der Waals surface area contributed by atoms with E-state index in [1.807, 2.05) is 44.4 Å². The zero-order valence-corrected chi connectivity index (χ0v) is 13.6. The number of benzene rings is 1. The van der Waals surface area contributed by atoms with Gasteiger partial charge < -0.3 is 0 Å². The lowest BCUT2D eigenvalue weighted by molar-refractivity contribution is 0.601. The summed E-state index contributed by atoms with van der Waals surface area (Å²) in [5.74, 6) is 0.0483. The van der Waals surface area contributed by atoms with Gasteiger partial charge in [-0.1, -0.05) is 6.07 Å². The number of rotatable bonds is 3. The summed E-state index contributed by atoms with van der Waals surface area (Å²) in [6.07, 6.45) is 4.95. The zero-order chi connectivity index (χ0) is 15.9. The fraction of sp³-hybridized carbons (Fsp3) is 0.250. The Balaban J connectivity index is 2.10. The molecule has 0 unspecified atom stereocenters. The van der Waals surface area contributed by atoms with E-state index in [2.05, 4.69) is 10.1 Å². The van der Waals surface area contributed by atoms with Crippen LogP contribution in [0.25, 0.3) is 22.2 Å². The number of aryl methyl sites for hydroxylation is 2. The highest BCUT2D eigenvalue weighted by molar-refractivity contribution is 7.89. The van der Waals surface area contributed by atoms with Crippen LogP contribution in [0.15, 0.2) is 36.7 Å². The zero-order valence-electron chi connectivity index (χ0n) is 12.7. The standard InChI is InChI=1S/C16H17N3O2S/c1-11-6-16(13-8-17-19(2)9-13)18-15-5-4-12(7-14(11)15)10-22(3,20)21/h4-9H,10H2,1-3H3. The molecule has 0 radical (unpaired) electrons. The molecule has 3 rings (SSSR count). The second-order valence-electron chi connectivity index (χ2n) is 5.65. The third-order valence-electron chi connectivity index (χ3n) is 3.51. The van der Waals surface area contributed by atoms with Gasteiger partial charge in [0, 0.05) is 30.4 Å². The van der Waals surface area contributed by atoms with Crippen LogP contribution in [0.5, 0.6) is 0 Å². The van der Waals surface area contributed by atoms with Crippen molar-refractivity contribution in [2.75, 3.05) is 6.26 Å². The number of nitrogens with zero attached hydrogens (tertiary/aromatic N) is 3. The molecule has 0 aliphatic carbocycles. The second kappa shape index (κ2) is 5.21. The van der Waals surface area contributed by atoms with Crippen molar-refractivity contribution < 1.29 is 8.42 Å². The minimum absolute atomic E-state index is 0.0483. The molecule has 1 aromatic carbocycles. The molecule has 0 N–H and O–H groups in total. The molecule has 0 bridgehead atoms. The van der Waals surface area contributed by atoms with E-state index in [-0.39, 0.29) is 5.75 Å². The number of hydrogen-bond acceptors (Lipinski definition) is 4. The van der Waals surface area contributed by atoms with Crippen molar-refractivity contribution in [3.8, 4) is 11.3 Å². The summed E-state index contributed by atoms with van der Waals surface area (Å²) in [4.78, 5) is 4.65. The van der Waals surface area contributed by atoms with E-state index >= 15 is 0 Å². The van der Waals surface area contributed by atoms with Gasteiger partial charge in [0.25, 0.3) is 0 Å². The quantitative estimate of drug-likeness (QED) is 0.745. The third kappa shape index (κ3) is 3.01. The van der Waals surface area contributed by atoms with E-state index in [4.69, 9.17) is 0 Å². The molecule has 0 amide bonds. The van der Waals surface area contributed by atoms with E-state index in [9.17, 15) is 8.42 Å². The summed E-state index contributed by atoms with van der Waals surface area (Å²) in [7, 11) is -1.17. The van der Waals surface area contributed by atoms with E-state index < -0.39 is 9.84 Å². The first kappa shape index (κ1) is 14.7. The third-order valence-corrected chi connectivity index (χ3v) is 4.37. The maximum absolute atomic E-state index is 11.4. The van der Waals surface area contributed by atoms with Crippen molar-refractivity contribution in [3.05, 3.63) is 47.8 Å². The molecule has 0 fully saturated rings. The SMILES string of the molecule is Cc1cc(-c2cnn(C)c2)nc2ccc(CS(C)(=O)=O)cc12. The summed E-state index contributed by atoms with van der Waals surface area (Å²) in [6, 6.07) is 7.61. The topological polar surface area (TPSA) is 64.8 Å². The fourth-order valence-corrected chi connectivity index (χ4v) is 3.32. The minimum Gasteiger partial charge on any atom is -0.275 e. The predicted octanol–water partition coefficient (Wildman–Crippen LogP) is 2.49. The Labute approximate surface area is 129 Å². The Kier molecular flexibility index (Phi) is 3.48. The largest absolute Gasteiger partial charge is 0.275 e. The van der Waals surface area contributed by atoms with Gasteiger partial charge in [0.1, 0.15) is 0 Å². The van der Waals surface area contributed by atoms with Crippen molar-refractivity contribution in [2.45, 2.75) is 12.7 Å². The van der Waals surface area contributed by atoms with Gasteiger partial charge in [-0.2, -0.15) is 5.10 Å². The lowest BCUT2D eigenvalue weighted by Gasteiger charge is -2.07. The van der Waals surface area contributed by atoms with Crippen LogP contribution in [0.2, 0.25) is 0 Å². The van der Waals surface area contributed by atoms with Gasteiger partial charge in [-0.3, -0.25) is 4.68 Å². The number of aromatic nitrogens is 3. The van der Waals surface area contributed by atoms with E-state index in [0.29, 0.717) is 0 Å². The Morgan fingerprint density at radius 2 is 2.00 bits per heavy atom. The van der Waals surface area contributed by atoms with Crippen molar-refractivity contribution >= 4 is 20.7 Å². The lowest BCUT2D eigenvalue weighted by atomic mass is 10.0. The van der Waals surface area contributed by atoms with Gasteiger partial charge >= 0.3 is 0 Å². The number of pyridine rings is 1. The van der Waals surface area contributed by atoms with Crippen molar-refractivity contribution in [1.82, 2.24) is 14.8 Å². The number of sulfone groups is 1. The average Bonchev–Trinajstić information content (AvgIpc) is 2.84. The summed E-state index contributed by atoms with van der Waals surface area (Å²) < 4.78 is 24.6. The first-order valence-corrected chi connectivity index (χ1v) is 8.95. The van der Waals surface area contributed by atoms with Crippen LogP contribution in [-0.4, -0.2) is 29.4 Å². The normalized spacial score (nSPS) is 12.0. The second-order valence-corrected chi connectivity index (χ2v) is 7.79. The van der Waals surface area contributed by atoms with Crippen molar-refractivity contribution in [1.29, 1.82) is 0 Å². The highest BCUT2D eigenvalue weighted by Crippen LogP contribution is 2.25. The van der Waals surface area contributed by atoms with Crippen LogP contribution in [0.1, 0.15) is 11.1 Å². The molecule has 0 spiro atoms. The van der Waals surface area contributed by atoms with Gasteiger partial charge in [-0.25, -0.2) is 13.4 Å². The fourth-order valence-electron chi connectivity index (χ4n) is 2.54. The summed E-state index contributed by atoms with van der Waals surface area (Å²) in [5, 5.41) is 5.15. The molecule has 0 atom stereocenters. The number of hydrogen-bond donors (Lipinski definition) is 0. The molecule has 0 aliphatic rings. The van der Waals surface area contributed by atoms with Gasteiger partial charge in [-0.05, 0) is 36.2 Å². The molecule has 0 aliphatic heterocycles. The highest BCUT2D eigenvalue weighted by atomic mass is 32.2.